The number of nitro groups is 2. The highest BCUT2D eigenvalue weighted by Crippen LogP contribution is 2.28. The fraction of sp³-hybridized carbons (Fsp3) is 0.130. The number of benzene rings is 3. The second-order valence-electron chi connectivity index (χ2n) is 6.98. The van der Waals surface area contributed by atoms with Crippen LogP contribution in [0.2, 0.25) is 0 Å². The van der Waals surface area contributed by atoms with Gasteiger partial charge in [0.25, 0.3) is 11.4 Å². The highest BCUT2D eigenvalue weighted by atomic mass is 16.6. The number of carbonyl (C=O) groups is 1. The summed E-state index contributed by atoms with van der Waals surface area (Å²) in [6, 6.07) is 17.1. The van der Waals surface area contributed by atoms with Gasteiger partial charge in [0.05, 0.1) is 29.6 Å². The lowest BCUT2D eigenvalue weighted by Gasteiger charge is -2.11. The molecule has 0 aliphatic rings. The van der Waals surface area contributed by atoms with Crippen molar-refractivity contribution < 1.29 is 24.1 Å². The van der Waals surface area contributed by atoms with E-state index in [1.54, 1.807) is 36.4 Å². The Bertz CT molecular complexity index is 1230. The van der Waals surface area contributed by atoms with Crippen LogP contribution < -0.4 is 14.9 Å². The van der Waals surface area contributed by atoms with E-state index < -0.39 is 15.8 Å². The quantitative estimate of drug-likeness (QED) is 0.273. The molecule has 0 aliphatic carbocycles. The molecule has 0 atom stereocenters. The maximum Gasteiger partial charge on any atom is 0.273 e. The van der Waals surface area contributed by atoms with Crippen LogP contribution in [0.3, 0.4) is 0 Å². The third-order valence-electron chi connectivity index (χ3n) is 4.67. The number of nitrogens with one attached hydrogen (secondary N) is 1. The van der Waals surface area contributed by atoms with Gasteiger partial charge in [-0.3, -0.25) is 25.0 Å². The summed E-state index contributed by atoms with van der Waals surface area (Å²) in [5.74, 6) is 0.385. The van der Waals surface area contributed by atoms with Crippen LogP contribution in [0.4, 0.5) is 11.4 Å². The molecule has 0 aromatic heterocycles. The van der Waals surface area contributed by atoms with E-state index in [-0.39, 0.29) is 30.0 Å². The number of carbonyl (C=O) groups excluding carboxylic acids is 1. The van der Waals surface area contributed by atoms with E-state index in [4.69, 9.17) is 9.47 Å². The zero-order valence-electron chi connectivity index (χ0n) is 18.0. The first-order chi connectivity index (χ1) is 16.4. The Balaban J connectivity index is 1.59. The van der Waals surface area contributed by atoms with Gasteiger partial charge in [-0.05, 0) is 41.5 Å². The number of amides is 1. The normalized spacial score (nSPS) is 10.6. The number of hydrogen-bond acceptors (Lipinski definition) is 8. The lowest BCUT2D eigenvalue weighted by Crippen LogP contribution is -2.20. The summed E-state index contributed by atoms with van der Waals surface area (Å²) in [6.45, 7) is 0.184. The maximum atomic E-state index is 12.1. The van der Waals surface area contributed by atoms with Crippen LogP contribution in [-0.2, 0) is 17.8 Å². The van der Waals surface area contributed by atoms with E-state index in [1.807, 2.05) is 0 Å². The van der Waals surface area contributed by atoms with E-state index in [9.17, 15) is 25.0 Å². The Morgan fingerprint density at radius 1 is 1.00 bits per heavy atom. The lowest BCUT2D eigenvalue weighted by atomic mass is 10.1. The number of non-ortho nitro benzene ring substituents is 1. The molecule has 3 aromatic carbocycles. The zero-order chi connectivity index (χ0) is 24.5. The summed E-state index contributed by atoms with van der Waals surface area (Å²) < 4.78 is 11.1. The van der Waals surface area contributed by atoms with Crippen LogP contribution in [0, 0.1) is 20.2 Å². The number of para-hydroxylation sites is 1. The third kappa shape index (κ3) is 6.36. The number of rotatable bonds is 10. The van der Waals surface area contributed by atoms with E-state index in [0.717, 1.165) is 5.56 Å². The lowest BCUT2D eigenvalue weighted by molar-refractivity contribution is -0.385. The first-order valence-electron chi connectivity index (χ1n) is 9.95. The van der Waals surface area contributed by atoms with Crippen LogP contribution in [0.15, 0.2) is 71.8 Å². The molecular weight excluding hydrogens is 444 g/mol. The van der Waals surface area contributed by atoms with Crippen molar-refractivity contribution in [2.24, 2.45) is 5.10 Å². The van der Waals surface area contributed by atoms with Gasteiger partial charge in [0.2, 0.25) is 5.91 Å². The van der Waals surface area contributed by atoms with Gasteiger partial charge in [-0.1, -0.05) is 18.2 Å². The van der Waals surface area contributed by atoms with Crippen molar-refractivity contribution in [2.75, 3.05) is 7.11 Å². The van der Waals surface area contributed by atoms with Gasteiger partial charge in [-0.2, -0.15) is 5.10 Å². The van der Waals surface area contributed by atoms with E-state index >= 15 is 0 Å². The molecule has 3 rings (SSSR count). The second-order valence-corrected chi connectivity index (χ2v) is 6.98. The first kappa shape index (κ1) is 23.9. The topological polar surface area (TPSA) is 146 Å². The molecule has 1 amide bonds. The van der Waals surface area contributed by atoms with Crippen LogP contribution in [0.1, 0.15) is 16.7 Å². The third-order valence-corrected chi connectivity index (χ3v) is 4.67. The monoisotopic (exact) mass is 464 g/mol. The highest BCUT2D eigenvalue weighted by molar-refractivity contribution is 5.84. The largest absolute Gasteiger partial charge is 0.493 e. The number of hydrogen-bond donors (Lipinski definition) is 1. The number of nitro benzene ring substituents is 2. The van der Waals surface area contributed by atoms with E-state index in [0.29, 0.717) is 17.1 Å². The molecule has 0 spiro atoms. The van der Waals surface area contributed by atoms with Gasteiger partial charge in [0, 0.05) is 23.8 Å². The van der Waals surface area contributed by atoms with Crippen molar-refractivity contribution in [1.82, 2.24) is 5.43 Å². The Kier molecular flexibility index (Phi) is 7.84. The predicted molar refractivity (Wildman–Crippen MR) is 123 cm³/mol. The first-order valence-corrected chi connectivity index (χ1v) is 9.95. The summed E-state index contributed by atoms with van der Waals surface area (Å²) in [7, 11) is 1.48. The fourth-order valence-corrected chi connectivity index (χ4v) is 2.99. The number of hydrazone groups is 1. The van der Waals surface area contributed by atoms with Crippen molar-refractivity contribution >= 4 is 23.5 Å². The molecule has 174 valence electrons. The van der Waals surface area contributed by atoms with Crippen LogP contribution >= 0.6 is 0 Å². The van der Waals surface area contributed by atoms with Gasteiger partial charge < -0.3 is 9.47 Å². The van der Waals surface area contributed by atoms with E-state index in [1.165, 1.54) is 43.7 Å². The molecule has 0 fully saturated rings. The molecule has 0 unspecified atom stereocenters. The van der Waals surface area contributed by atoms with Crippen molar-refractivity contribution in [1.29, 1.82) is 0 Å². The number of ether oxygens (including phenoxy) is 2. The molecule has 3 aromatic rings. The van der Waals surface area contributed by atoms with Crippen molar-refractivity contribution in [2.45, 2.75) is 13.0 Å². The van der Waals surface area contributed by atoms with E-state index in [2.05, 4.69) is 10.5 Å². The fourth-order valence-electron chi connectivity index (χ4n) is 2.99. The highest BCUT2D eigenvalue weighted by Gasteiger charge is 2.15. The standard InChI is InChI=1S/C23H20N4O7/c1-33-22-12-17(8-11-21(22)34-15-16-6-9-19(10-7-16)26(29)30)14-24-25-23(28)13-18-4-2-3-5-20(18)27(31)32/h2-12,14H,13,15H2,1H3,(H,25,28). The van der Waals surface area contributed by atoms with Crippen LogP contribution in [0.5, 0.6) is 11.5 Å². The Hall–Kier alpha value is -4.80. The van der Waals surface area contributed by atoms with Gasteiger partial charge in [0.1, 0.15) is 6.61 Å². The van der Waals surface area contributed by atoms with Crippen molar-refractivity contribution in [3.8, 4) is 11.5 Å². The molecular formula is C23H20N4O7. The average Bonchev–Trinajstić information content (AvgIpc) is 2.83. The van der Waals surface area contributed by atoms with Gasteiger partial charge in [0.15, 0.2) is 11.5 Å². The molecule has 1 N–H and O–H groups in total. The second kappa shape index (κ2) is 11.2. The number of methoxy groups -OCH3 is 1. The predicted octanol–water partition coefficient (Wildman–Crippen LogP) is 3.78. The summed E-state index contributed by atoms with van der Waals surface area (Å²) in [6.07, 6.45) is 1.22. The molecule has 0 heterocycles. The zero-order valence-corrected chi connectivity index (χ0v) is 18.0. The summed E-state index contributed by atoms with van der Waals surface area (Å²) in [5.41, 5.74) is 3.87. The maximum absolute atomic E-state index is 12.1. The number of nitrogens with zero attached hydrogens (tertiary/aromatic N) is 3. The molecule has 0 radical (unpaired) electrons. The Labute approximate surface area is 193 Å². The van der Waals surface area contributed by atoms with Gasteiger partial charge in [-0.25, -0.2) is 5.43 Å². The molecule has 0 saturated carbocycles. The molecule has 0 bridgehead atoms. The molecule has 34 heavy (non-hydrogen) atoms. The Morgan fingerprint density at radius 3 is 2.41 bits per heavy atom. The summed E-state index contributed by atoms with van der Waals surface area (Å²) in [4.78, 5) is 32.9. The SMILES string of the molecule is COc1cc(C=NNC(=O)Cc2ccccc2[N+](=O)[O-])ccc1OCc1ccc([N+](=O)[O-])cc1. The minimum atomic E-state index is -0.538. The van der Waals surface area contributed by atoms with Gasteiger partial charge >= 0.3 is 0 Å². The smallest absolute Gasteiger partial charge is 0.273 e. The molecule has 11 nitrogen and oxygen atoms in total. The van der Waals surface area contributed by atoms with Crippen molar-refractivity contribution in [3.63, 3.8) is 0 Å². The van der Waals surface area contributed by atoms with Crippen LogP contribution in [0.25, 0.3) is 0 Å². The van der Waals surface area contributed by atoms with Crippen molar-refractivity contribution in [3.05, 3.63) is 104 Å². The van der Waals surface area contributed by atoms with Gasteiger partial charge in [-0.15, -0.1) is 0 Å². The Morgan fingerprint density at radius 2 is 1.74 bits per heavy atom. The summed E-state index contributed by atoms with van der Waals surface area (Å²) in [5, 5.41) is 25.7. The molecule has 0 aliphatic heterocycles. The average molecular weight is 464 g/mol. The minimum absolute atomic E-state index is 0.000876. The minimum Gasteiger partial charge on any atom is -0.493 e. The van der Waals surface area contributed by atoms with Crippen LogP contribution in [-0.4, -0.2) is 29.1 Å². The summed E-state index contributed by atoms with van der Waals surface area (Å²) >= 11 is 0. The molecule has 0 saturated heterocycles. The molecule has 11 heteroatoms.